The smallest absolute Gasteiger partial charge is 0.262 e. The second kappa shape index (κ2) is 11.1. The van der Waals surface area contributed by atoms with E-state index < -0.39 is 8.07 Å². The van der Waals surface area contributed by atoms with Crippen molar-refractivity contribution in [1.29, 1.82) is 0 Å². The number of methoxy groups -OCH3 is 1. The minimum Gasteiger partial charge on any atom is -0.497 e. The minimum absolute atomic E-state index is 0.0789. The molecule has 1 heterocycles. The topological polar surface area (TPSA) is 60.3 Å². The Hall–Kier alpha value is -3.06. The summed E-state index contributed by atoms with van der Waals surface area (Å²) < 4.78 is 7.09. The Balaban J connectivity index is 1.56. The van der Waals surface area contributed by atoms with Crippen LogP contribution in [0.5, 0.6) is 5.75 Å². The highest BCUT2D eigenvalue weighted by Gasteiger charge is 2.25. The lowest BCUT2D eigenvalue weighted by atomic mass is 10.1. The second-order valence-corrected chi connectivity index (χ2v) is 15.5. The maximum absolute atomic E-state index is 13.5. The number of hydrogen-bond donors (Lipinski definition) is 1. The Morgan fingerprint density at radius 1 is 0.946 bits per heavy atom. The van der Waals surface area contributed by atoms with E-state index in [4.69, 9.17) is 27.9 Å². The molecule has 3 aromatic carbocycles. The van der Waals surface area contributed by atoms with Crippen molar-refractivity contribution in [3.63, 3.8) is 0 Å². The molecule has 0 spiro atoms. The molecule has 8 heteroatoms. The van der Waals surface area contributed by atoms with Crippen LogP contribution in [0.3, 0.4) is 0 Å². The van der Waals surface area contributed by atoms with Gasteiger partial charge in [0.15, 0.2) is 0 Å². The summed E-state index contributed by atoms with van der Waals surface area (Å²) in [5.41, 5.74) is 2.79. The van der Waals surface area contributed by atoms with Gasteiger partial charge in [-0.25, -0.2) is 0 Å². The SMILES string of the molecule is COc1ccc2c(c1)c(CC(=O)NCC[Si](C)(C)c1ccc(Cl)cc1)c(C)n2C(=O)c1ccc(Cl)cc1. The summed E-state index contributed by atoms with van der Waals surface area (Å²) >= 11 is 12.1. The van der Waals surface area contributed by atoms with Gasteiger partial charge in [0.1, 0.15) is 5.75 Å². The van der Waals surface area contributed by atoms with Crippen molar-refractivity contribution in [3.05, 3.63) is 93.6 Å². The van der Waals surface area contributed by atoms with E-state index in [-0.39, 0.29) is 18.2 Å². The summed E-state index contributed by atoms with van der Waals surface area (Å²) in [4.78, 5) is 26.5. The third-order valence-electron chi connectivity index (χ3n) is 6.87. The molecular formula is C29H30Cl2N2O3Si. The lowest BCUT2D eigenvalue weighted by molar-refractivity contribution is -0.120. The molecule has 0 aliphatic carbocycles. The molecule has 1 amide bonds. The number of ether oxygens (including phenoxy) is 1. The Morgan fingerprint density at radius 3 is 2.19 bits per heavy atom. The van der Waals surface area contributed by atoms with Crippen molar-refractivity contribution in [2.75, 3.05) is 13.7 Å². The summed E-state index contributed by atoms with van der Waals surface area (Å²) in [7, 11) is -0.129. The molecule has 0 unspecified atom stereocenters. The largest absolute Gasteiger partial charge is 0.497 e. The van der Waals surface area contributed by atoms with Crippen LogP contribution in [0.4, 0.5) is 0 Å². The van der Waals surface area contributed by atoms with Crippen molar-refractivity contribution in [2.24, 2.45) is 0 Å². The van der Waals surface area contributed by atoms with Gasteiger partial charge in [0.2, 0.25) is 5.91 Å². The average Bonchev–Trinajstić information content (AvgIpc) is 3.14. The molecule has 0 bridgehead atoms. The molecule has 0 aliphatic rings. The molecule has 4 rings (SSSR count). The van der Waals surface area contributed by atoms with Crippen molar-refractivity contribution in [2.45, 2.75) is 32.5 Å². The first-order valence-electron chi connectivity index (χ1n) is 12.1. The highest BCUT2D eigenvalue weighted by atomic mass is 35.5. The Labute approximate surface area is 228 Å². The second-order valence-electron chi connectivity index (χ2n) is 9.76. The van der Waals surface area contributed by atoms with E-state index >= 15 is 0 Å². The third-order valence-corrected chi connectivity index (χ3v) is 10.8. The number of carbonyl (C=O) groups is 2. The summed E-state index contributed by atoms with van der Waals surface area (Å²) in [6, 6.07) is 21.3. The molecule has 0 radical (unpaired) electrons. The molecule has 0 fully saturated rings. The molecule has 0 aliphatic heterocycles. The lowest BCUT2D eigenvalue weighted by Gasteiger charge is -2.23. The van der Waals surface area contributed by atoms with Crippen molar-refractivity contribution < 1.29 is 14.3 Å². The number of fused-ring (bicyclic) bond motifs is 1. The summed E-state index contributed by atoms with van der Waals surface area (Å²) in [6.07, 6.45) is 0.166. The highest BCUT2D eigenvalue weighted by Crippen LogP contribution is 2.31. The Morgan fingerprint density at radius 2 is 1.57 bits per heavy atom. The van der Waals surface area contributed by atoms with Crippen LogP contribution >= 0.6 is 23.2 Å². The first-order chi connectivity index (χ1) is 17.6. The molecule has 1 N–H and O–H groups in total. The van der Waals surface area contributed by atoms with Crippen molar-refractivity contribution in [1.82, 2.24) is 9.88 Å². The number of halogens is 2. The van der Waals surface area contributed by atoms with Gasteiger partial charge in [0, 0.05) is 33.2 Å². The minimum atomic E-state index is -1.73. The van der Waals surface area contributed by atoms with Gasteiger partial charge in [-0.1, -0.05) is 53.6 Å². The van der Waals surface area contributed by atoms with Crippen LogP contribution in [0, 0.1) is 6.92 Å². The van der Waals surface area contributed by atoms with E-state index in [1.807, 2.05) is 37.3 Å². The molecule has 0 saturated carbocycles. The molecule has 5 nitrogen and oxygen atoms in total. The van der Waals surface area contributed by atoms with E-state index in [9.17, 15) is 9.59 Å². The summed E-state index contributed by atoms with van der Waals surface area (Å²) in [5, 5.41) is 6.51. The van der Waals surface area contributed by atoms with Gasteiger partial charge in [0.25, 0.3) is 5.91 Å². The van der Waals surface area contributed by atoms with Crippen LogP contribution in [0.15, 0.2) is 66.7 Å². The maximum atomic E-state index is 13.5. The number of aromatic nitrogens is 1. The fourth-order valence-corrected chi connectivity index (χ4v) is 6.94. The van der Waals surface area contributed by atoms with Crippen LogP contribution in [-0.2, 0) is 11.2 Å². The highest BCUT2D eigenvalue weighted by molar-refractivity contribution is 6.89. The molecule has 4 aromatic rings. The standard InChI is InChI=1S/C29H30Cl2N2O3Si/c1-19-25(18-28(34)32-15-16-37(3,4)24-12-9-22(31)10-13-24)26-17-23(36-2)11-14-27(26)33(19)29(35)20-5-7-21(30)8-6-20/h5-14,17H,15-16,18H2,1-4H3,(H,32,34). The van der Waals surface area contributed by atoms with Gasteiger partial charge in [-0.2, -0.15) is 0 Å². The van der Waals surface area contributed by atoms with Gasteiger partial charge in [-0.15, -0.1) is 0 Å². The molecule has 0 atom stereocenters. The molecule has 192 valence electrons. The number of nitrogens with zero attached hydrogens (tertiary/aromatic N) is 1. The quantitative estimate of drug-likeness (QED) is 0.263. The number of amides is 1. The molecular weight excluding hydrogens is 523 g/mol. The molecule has 1 aromatic heterocycles. The van der Waals surface area contributed by atoms with Crippen LogP contribution in [0.1, 0.15) is 21.6 Å². The van der Waals surface area contributed by atoms with E-state index in [1.165, 1.54) is 5.19 Å². The van der Waals surface area contributed by atoms with Crippen LogP contribution in [0.25, 0.3) is 10.9 Å². The van der Waals surface area contributed by atoms with E-state index in [1.54, 1.807) is 35.9 Å². The lowest BCUT2D eigenvalue weighted by Crippen LogP contribution is -2.44. The van der Waals surface area contributed by atoms with Crippen LogP contribution < -0.4 is 15.2 Å². The number of nitrogens with one attached hydrogen (secondary N) is 1. The number of carbonyl (C=O) groups excluding carboxylic acids is 2. The first kappa shape index (κ1) is 27.0. The van der Waals surface area contributed by atoms with Gasteiger partial charge in [-0.3, -0.25) is 14.2 Å². The number of benzene rings is 3. The Kier molecular flexibility index (Phi) is 8.12. The number of hydrogen-bond acceptors (Lipinski definition) is 3. The zero-order valence-electron chi connectivity index (χ0n) is 21.4. The first-order valence-corrected chi connectivity index (χ1v) is 16.1. The van der Waals surface area contributed by atoms with E-state index in [0.29, 0.717) is 22.9 Å². The van der Waals surface area contributed by atoms with E-state index in [2.05, 4.69) is 30.5 Å². The Bertz CT molecular complexity index is 1450. The molecule has 37 heavy (non-hydrogen) atoms. The van der Waals surface area contributed by atoms with Gasteiger partial charge < -0.3 is 10.1 Å². The normalized spacial score (nSPS) is 11.5. The van der Waals surface area contributed by atoms with Gasteiger partial charge in [0.05, 0.1) is 27.1 Å². The number of rotatable bonds is 8. The summed E-state index contributed by atoms with van der Waals surface area (Å²) in [6.45, 7) is 7.04. The predicted octanol–water partition coefficient (Wildman–Crippen LogP) is 6.23. The fraction of sp³-hybridized carbons (Fsp3) is 0.241. The molecule has 0 saturated heterocycles. The third kappa shape index (κ3) is 5.93. The fourth-order valence-electron chi connectivity index (χ4n) is 4.58. The van der Waals surface area contributed by atoms with Crippen LogP contribution in [0.2, 0.25) is 29.2 Å². The van der Waals surface area contributed by atoms with Crippen molar-refractivity contribution in [3.8, 4) is 5.75 Å². The van der Waals surface area contributed by atoms with Gasteiger partial charge in [-0.05, 0) is 73.1 Å². The zero-order chi connectivity index (χ0) is 26.7. The monoisotopic (exact) mass is 552 g/mol. The zero-order valence-corrected chi connectivity index (χ0v) is 23.9. The summed E-state index contributed by atoms with van der Waals surface area (Å²) in [5.74, 6) is 0.414. The van der Waals surface area contributed by atoms with Crippen LogP contribution in [-0.4, -0.2) is 38.1 Å². The van der Waals surface area contributed by atoms with Crippen molar-refractivity contribution >= 4 is 59.2 Å². The average molecular weight is 554 g/mol. The maximum Gasteiger partial charge on any atom is 0.262 e. The van der Waals surface area contributed by atoms with E-state index in [0.717, 1.165) is 33.2 Å². The van der Waals surface area contributed by atoms with Gasteiger partial charge >= 0.3 is 0 Å². The predicted molar refractivity (Wildman–Crippen MR) is 154 cm³/mol.